The molecule has 0 aromatic rings. The Hall–Kier alpha value is -0.530. The molecule has 0 fully saturated rings. The summed E-state index contributed by atoms with van der Waals surface area (Å²) in [6.45, 7) is 6.92. The highest BCUT2D eigenvalue weighted by Crippen LogP contribution is 2.10. The van der Waals surface area contributed by atoms with Crippen molar-refractivity contribution in [3.63, 3.8) is 0 Å². The molecule has 2 heteroatoms. The molecule has 2 nitrogen and oxygen atoms in total. The van der Waals surface area contributed by atoms with Crippen LogP contribution in [0.5, 0.6) is 0 Å². The van der Waals surface area contributed by atoms with Crippen molar-refractivity contribution in [1.82, 2.24) is 5.32 Å². The molecule has 0 aromatic carbocycles. The van der Waals surface area contributed by atoms with Gasteiger partial charge < -0.3 is 5.32 Å². The monoisotopic (exact) mass is 185 g/mol. The third-order valence-corrected chi connectivity index (χ3v) is 2.29. The Balaban J connectivity index is 3.38. The van der Waals surface area contributed by atoms with Gasteiger partial charge in [0, 0.05) is 12.5 Å². The van der Waals surface area contributed by atoms with E-state index in [1.807, 2.05) is 13.8 Å². The SMILES string of the molecule is CCCCCCC(C)C(=O)NCC. The van der Waals surface area contributed by atoms with Crippen molar-refractivity contribution in [3.05, 3.63) is 0 Å². The Morgan fingerprint density at radius 3 is 2.46 bits per heavy atom. The Morgan fingerprint density at radius 2 is 1.92 bits per heavy atom. The molecule has 1 unspecified atom stereocenters. The lowest BCUT2D eigenvalue weighted by Gasteiger charge is -2.10. The predicted octanol–water partition coefficient (Wildman–Crippen LogP) is 2.73. The molecule has 13 heavy (non-hydrogen) atoms. The zero-order chi connectivity index (χ0) is 10.1. The Bertz CT molecular complexity index is 134. The van der Waals surface area contributed by atoms with Gasteiger partial charge in [-0.3, -0.25) is 4.79 Å². The normalized spacial score (nSPS) is 12.5. The summed E-state index contributed by atoms with van der Waals surface area (Å²) in [4.78, 5) is 11.3. The highest BCUT2D eigenvalue weighted by atomic mass is 16.1. The standard InChI is InChI=1S/C11H23NO/c1-4-6-7-8-9-10(3)11(13)12-5-2/h10H,4-9H2,1-3H3,(H,12,13). The predicted molar refractivity (Wildman–Crippen MR) is 56.6 cm³/mol. The lowest BCUT2D eigenvalue weighted by atomic mass is 10.0. The molecular weight excluding hydrogens is 162 g/mol. The number of amides is 1. The highest BCUT2D eigenvalue weighted by molar-refractivity contribution is 5.78. The van der Waals surface area contributed by atoms with Crippen LogP contribution in [0.3, 0.4) is 0 Å². The van der Waals surface area contributed by atoms with Crippen molar-refractivity contribution in [2.24, 2.45) is 5.92 Å². The summed E-state index contributed by atoms with van der Waals surface area (Å²) >= 11 is 0. The van der Waals surface area contributed by atoms with E-state index in [1.165, 1.54) is 25.7 Å². The molecule has 78 valence electrons. The molecular formula is C11H23NO. The van der Waals surface area contributed by atoms with Crippen molar-refractivity contribution in [2.45, 2.75) is 52.9 Å². The summed E-state index contributed by atoms with van der Waals surface area (Å²) in [7, 11) is 0. The zero-order valence-corrected chi connectivity index (χ0v) is 9.23. The average Bonchev–Trinajstić information content (AvgIpc) is 2.12. The van der Waals surface area contributed by atoms with Crippen LogP contribution in [0.1, 0.15) is 52.9 Å². The van der Waals surface area contributed by atoms with Crippen molar-refractivity contribution < 1.29 is 4.79 Å². The maximum atomic E-state index is 11.3. The van der Waals surface area contributed by atoms with E-state index in [0.717, 1.165) is 13.0 Å². The number of hydrogen-bond donors (Lipinski definition) is 1. The van der Waals surface area contributed by atoms with Crippen molar-refractivity contribution in [1.29, 1.82) is 0 Å². The van der Waals surface area contributed by atoms with Crippen LogP contribution in [0.15, 0.2) is 0 Å². The fourth-order valence-corrected chi connectivity index (χ4v) is 1.36. The molecule has 0 saturated heterocycles. The van der Waals surface area contributed by atoms with E-state index < -0.39 is 0 Å². The molecule has 0 aliphatic rings. The summed E-state index contributed by atoms with van der Waals surface area (Å²) in [6.07, 6.45) is 6.04. The van der Waals surface area contributed by atoms with Gasteiger partial charge in [0.1, 0.15) is 0 Å². The van der Waals surface area contributed by atoms with Crippen LogP contribution in [-0.4, -0.2) is 12.5 Å². The van der Waals surface area contributed by atoms with Gasteiger partial charge in [-0.2, -0.15) is 0 Å². The van der Waals surface area contributed by atoms with Crippen LogP contribution in [0.25, 0.3) is 0 Å². The Labute approximate surface area is 82.1 Å². The highest BCUT2D eigenvalue weighted by Gasteiger charge is 2.10. The molecule has 1 N–H and O–H groups in total. The minimum atomic E-state index is 0.191. The molecule has 1 amide bonds. The van der Waals surface area contributed by atoms with Gasteiger partial charge in [0.2, 0.25) is 5.91 Å². The molecule has 0 bridgehead atoms. The van der Waals surface area contributed by atoms with Crippen LogP contribution in [-0.2, 0) is 4.79 Å². The van der Waals surface area contributed by atoms with E-state index in [4.69, 9.17) is 0 Å². The first-order valence-corrected chi connectivity index (χ1v) is 5.50. The average molecular weight is 185 g/mol. The van der Waals surface area contributed by atoms with E-state index >= 15 is 0 Å². The summed E-state index contributed by atoms with van der Waals surface area (Å²) in [5.74, 6) is 0.399. The van der Waals surface area contributed by atoms with Crippen LogP contribution in [0.4, 0.5) is 0 Å². The second-order valence-corrected chi connectivity index (χ2v) is 3.64. The first-order valence-electron chi connectivity index (χ1n) is 5.50. The molecule has 0 saturated carbocycles. The fourth-order valence-electron chi connectivity index (χ4n) is 1.36. The van der Waals surface area contributed by atoms with Gasteiger partial charge in [0.05, 0.1) is 0 Å². The minimum absolute atomic E-state index is 0.191. The third-order valence-electron chi connectivity index (χ3n) is 2.29. The van der Waals surface area contributed by atoms with Gasteiger partial charge >= 0.3 is 0 Å². The smallest absolute Gasteiger partial charge is 0.222 e. The van der Waals surface area contributed by atoms with Crippen molar-refractivity contribution >= 4 is 5.91 Å². The summed E-state index contributed by atoms with van der Waals surface area (Å²) in [5.41, 5.74) is 0. The lowest BCUT2D eigenvalue weighted by molar-refractivity contribution is -0.124. The van der Waals surface area contributed by atoms with Crippen LogP contribution >= 0.6 is 0 Å². The minimum Gasteiger partial charge on any atom is -0.356 e. The van der Waals surface area contributed by atoms with Gasteiger partial charge in [-0.05, 0) is 13.3 Å². The molecule has 0 rings (SSSR count). The van der Waals surface area contributed by atoms with Crippen LogP contribution < -0.4 is 5.32 Å². The topological polar surface area (TPSA) is 29.1 Å². The Morgan fingerprint density at radius 1 is 1.23 bits per heavy atom. The molecule has 0 heterocycles. The summed E-state index contributed by atoms with van der Waals surface area (Å²) in [5, 5.41) is 2.85. The zero-order valence-electron chi connectivity index (χ0n) is 9.23. The number of nitrogens with one attached hydrogen (secondary N) is 1. The second kappa shape index (κ2) is 8.09. The van der Waals surface area contributed by atoms with E-state index in [0.29, 0.717) is 0 Å². The van der Waals surface area contributed by atoms with Gasteiger partial charge in [-0.25, -0.2) is 0 Å². The largest absolute Gasteiger partial charge is 0.356 e. The quantitative estimate of drug-likeness (QED) is 0.607. The summed E-state index contributed by atoms with van der Waals surface area (Å²) < 4.78 is 0. The van der Waals surface area contributed by atoms with Gasteiger partial charge in [-0.1, -0.05) is 39.5 Å². The number of rotatable bonds is 7. The van der Waals surface area contributed by atoms with E-state index in [2.05, 4.69) is 12.2 Å². The molecule has 1 atom stereocenters. The first kappa shape index (κ1) is 12.5. The number of carbonyl (C=O) groups is 1. The number of hydrogen-bond acceptors (Lipinski definition) is 1. The van der Waals surface area contributed by atoms with Crippen LogP contribution in [0.2, 0.25) is 0 Å². The Kier molecular flexibility index (Phi) is 7.76. The van der Waals surface area contributed by atoms with Crippen molar-refractivity contribution in [3.8, 4) is 0 Å². The second-order valence-electron chi connectivity index (χ2n) is 3.64. The first-order chi connectivity index (χ1) is 6.22. The maximum absolute atomic E-state index is 11.3. The molecule has 0 aliphatic heterocycles. The molecule has 0 spiro atoms. The van der Waals surface area contributed by atoms with E-state index in [-0.39, 0.29) is 11.8 Å². The van der Waals surface area contributed by atoms with Gasteiger partial charge in [0.25, 0.3) is 0 Å². The number of carbonyl (C=O) groups excluding carboxylic acids is 1. The summed E-state index contributed by atoms with van der Waals surface area (Å²) in [6, 6.07) is 0. The van der Waals surface area contributed by atoms with E-state index in [1.54, 1.807) is 0 Å². The van der Waals surface area contributed by atoms with E-state index in [9.17, 15) is 4.79 Å². The maximum Gasteiger partial charge on any atom is 0.222 e. The number of unbranched alkanes of at least 4 members (excludes halogenated alkanes) is 3. The third kappa shape index (κ3) is 6.62. The van der Waals surface area contributed by atoms with Gasteiger partial charge in [-0.15, -0.1) is 0 Å². The lowest BCUT2D eigenvalue weighted by Crippen LogP contribution is -2.28. The van der Waals surface area contributed by atoms with Crippen molar-refractivity contribution in [2.75, 3.05) is 6.54 Å². The molecule has 0 radical (unpaired) electrons. The molecule has 0 aliphatic carbocycles. The van der Waals surface area contributed by atoms with Gasteiger partial charge in [0.15, 0.2) is 0 Å². The molecule has 0 aromatic heterocycles. The fraction of sp³-hybridized carbons (Fsp3) is 0.909. The van der Waals surface area contributed by atoms with Crippen LogP contribution in [0, 0.1) is 5.92 Å².